The highest BCUT2D eigenvalue weighted by Gasteiger charge is 2.32. The highest BCUT2D eigenvalue weighted by molar-refractivity contribution is 5.81. The number of rotatable bonds is 6. The first kappa shape index (κ1) is 15.7. The molecule has 4 nitrogen and oxygen atoms in total. The Kier molecular flexibility index (Phi) is 5.12. The van der Waals surface area contributed by atoms with E-state index in [0.29, 0.717) is 19.0 Å². The molecule has 21 heavy (non-hydrogen) atoms. The number of ether oxygens (including phenoxy) is 1. The number of carbonyl (C=O) groups excluding carboxylic acids is 1. The molecule has 0 saturated carbocycles. The van der Waals surface area contributed by atoms with Gasteiger partial charge in [0.05, 0.1) is 6.54 Å². The number of hydrogen-bond donors (Lipinski definition) is 1. The monoisotopic (exact) mass is 298 g/mol. The number of nitrogens with zero attached hydrogens (tertiary/aromatic N) is 1. The van der Waals surface area contributed by atoms with Gasteiger partial charge in [0.1, 0.15) is 11.9 Å². The average molecular weight is 298 g/mol. The van der Waals surface area contributed by atoms with Gasteiger partial charge in [-0.2, -0.15) is 8.78 Å². The SMILES string of the molecule is CCC(C)CN1C(=O)CNC1c1ccc(OC(F)F)cc1. The zero-order valence-electron chi connectivity index (χ0n) is 12.2. The maximum atomic E-state index is 12.1. The third kappa shape index (κ3) is 3.91. The first-order chi connectivity index (χ1) is 10.0. The fraction of sp³-hybridized carbons (Fsp3) is 0.533. The highest BCUT2D eigenvalue weighted by atomic mass is 19.3. The van der Waals surface area contributed by atoms with E-state index in [1.54, 1.807) is 17.0 Å². The number of amides is 1. The molecular formula is C15H20F2N2O2. The minimum absolute atomic E-state index is 0.0632. The van der Waals surface area contributed by atoms with Crippen molar-refractivity contribution in [2.75, 3.05) is 13.1 Å². The van der Waals surface area contributed by atoms with Crippen molar-refractivity contribution in [3.05, 3.63) is 29.8 Å². The lowest BCUT2D eigenvalue weighted by Gasteiger charge is -2.27. The van der Waals surface area contributed by atoms with Crippen molar-refractivity contribution >= 4 is 5.91 Å². The third-order valence-corrected chi connectivity index (χ3v) is 3.70. The summed E-state index contributed by atoms with van der Waals surface area (Å²) in [5.41, 5.74) is 0.866. The van der Waals surface area contributed by atoms with Crippen LogP contribution in [0.15, 0.2) is 24.3 Å². The van der Waals surface area contributed by atoms with Gasteiger partial charge in [0.25, 0.3) is 0 Å². The predicted octanol–water partition coefficient (Wildman–Crippen LogP) is 2.76. The van der Waals surface area contributed by atoms with E-state index in [1.165, 1.54) is 12.1 Å². The van der Waals surface area contributed by atoms with Crippen LogP contribution in [0.4, 0.5) is 8.78 Å². The molecule has 1 heterocycles. The van der Waals surface area contributed by atoms with Crippen molar-refractivity contribution in [3.63, 3.8) is 0 Å². The Labute approximate surface area is 123 Å². The van der Waals surface area contributed by atoms with Gasteiger partial charge in [0.2, 0.25) is 5.91 Å². The summed E-state index contributed by atoms with van der Waals surface area (Å²) < 4.78 is 28.6. The molecule has 1 aromatic rings. The highest BCUT2D eigenvalue weighted by Crippen LogP contribution is 2.26. The summed E-state index contributed by atoms with van der Waals surface area (Å²) in [6.45, 7) is 2.34. The molecule has 0 aliphatic carbocycles. The molecule has 116 valence electrons. The second kappa shape index (κ2) is 6.85. The van der Waals surface area contributed by atoms with Crippen LogP contribution in [0, 0.1) is 5.92 Å². The summed E-state index contributed by atoms with van der Waals surface area (Å²) in [6.07, 6.45) is 0.796. The van der Waals surface area contributed by atoms with Crippen LogP contribution in [0.1, 0.15) is 32.0 Å². The van der Waals surface area contributed by atoms with Crippen molar-refractivity contribution in [3.8, 4) is 5.75 Å². The summed E-state index contributed by atoms with van der Waals surface area (Å²) >= 11 is 0. The van der Waals surface area contributed by atoms with E-state index in [4.69, 9.17) is 0 Å². The molecule has 1 aromatic carbocycles. The second-order valence-electron chi connectivity index (χ2n) is 5.29. The zero-order valence-corrected chi connectivity index (χ0v) is 12.2. The Balaban J connectivity index is 2.10. The van der Waals surface area contributed by atoms with Gasteiger partial charge in [0, 0.05) is 6.54 Å². The molecule has 6 heteroatoms. The Morgan fingerprint density at radius 1 is 1.38 bits per heavy atom. The van der Waals surface area contributed by atoms with E-state index in [9.17, 15) is 13.6 Å². The van der Waals surface area contributed by atoms with Gasteiger partial charge < -0.3 is 9.64 Å². The van der Waals surface area contributed by atoms with E-state index in [2.05, 4.69) is 23.9 Å². The summed E-state index contributed by atoms with van der Waals surface area (Å²) in [5, 5.41) is 3.15. The molecule has 1 amide bonds. The smallest absolute Gasteiger partial charge is 0.387 e. The second-order valence-corrected chi connectivity index (χ2v) is 5.29. The first-order valence-corrected chi connectivity index (χ1v) is 7.09. The Morgan fingerprint density at radius 2 is 2.05 bits per heavy atom. The lowest BCUT2D eigenvalue weighted by molar-refractivity contribution is -0.128. The van der Waals surface area contributed by atoms with Gasteiger partial charge in [-0.3, -0.25) is 10.1 Å². The standard InChI is InChI=1S/C15H20F2N2O2/c1-3-10(2)9-19-13(20)8-18-14(19)11-4-6-12(7-5-11)21-15(16)17/h4-7,10,14-15,18H,3,8-9H2,1-2H3. The van der Waals surface area contributed by atoms with Crippen LogP contribution < -0.4 is 10.1 Å². The molecular weight excluding hydrogens is 278 g/mol. The maximum Gasteiger partial charge on any atom is 0.387 e. The topological polar surface area (TPSA) is 41.6 Å². The molecule has 1 fully saturated rings. The molecule has 0 spiro atoms. The molecule has 0 aromatic heterocycles. The van der Waals surface area contributed by atoms with Crippen molar-refractivity contribution < 1.29 is 18.3 Å². The van der Waals surface area contributed by atoms with Crippen LogP contribution in [-0.4, -0.2) is 30.5 Å². The van der Waals surface area contributed by atoms with Crippen LogP contribution in [0.2, 0.25) is 0 Å². The molecule has 2 rings (SSSR count). The van der Waals surface area contributed by atoms with Crippen LogP contribution in [0.3, 0.4) is 0 Å². The Morgan fingerprint density at radius 3 is 2.62 bits per heavy atom. The van der Waals surface area contributed by atoms with Gasteiger partial charge in [-0.15, -0.1) is 0 Å². The molecule has 0 bridgehead atoms. The summed E-state index contributed by atoms with van der Waals surface area (Å²) in [7, 11) is 0. The van der Waals surface area contributed by atoms with Crippen molar-refractivity contribution in [2.24, 2.45) is 5.92 Å². The minimum atomic E-state index is -2.83. The number of halogens is 2. The first-order valence-electron chi connectivity index (χ1n) is 7.09. The number of carbonyl (C=O) groups is 1. The van der Waals surface area contributed by atoms with E-state index >= 15 is 0 Å². The number of hydrogen-bond acceptors (Lipinski definition) is 3. The quantitative estimate of drug-likeness (QED) is 0.878. The third-order valence-electron chi connectivity index (χ3n) is 3.70. The van der Waals surface area contributed by atoms with Crippen LogP contribution >= 0.6 is 0 Å². The van der Waals surface area contributed by atoms with E-state index < -0.39 is 6.61 Å². The van der Waals surface area contributed by atoms with Crippen LogP contribution in [0.5, 0.6) is 5.75 Å². The fourth-order valence-corrected chi connectivity index (χ4v) is 2.34. The predicted molar refractivity (Wildman–Crippen MR) is 75.0 cm³/mol. The van der Waals surface area contributed by atoms with E-state index in [1.807, 2.05) is 0 Å². The molecule has 1 aliphatic rings. The van der Waals surface area contributed by atoms with Crippen molar-refractivity contribution in [1.29, 1.82) is 0 Å². The number of benzene rings is 1. The Hall–Kier alpha value is -1.69. The average Bonchev–Trinajstić information content (AvgIpc) is 2.80. The van der Waals surface area contributed by atoms with Gasteiger partial charge >= 0.3 is 6.61 Å². The Bertz CT molecular complexity index is 479. The zero-order chi connectivity index (χ0) is 15.4. The van der Waals surface area contributed by atoms with Gasteiger partial charge in [-0.05, 0) is 23.6 Å². The van der Waals surface area contributed by atoms with Gasteiger partial charge in [-0.1, -0.05) is 32.4 Å². The molecule has 2 atom stereocenters. The summed E-state index contributed by atoms with van der Waals surface area (Å²) in [4.78, 5) is 13.8. The summed E-state index contributed by atoms with van der Waals surface area (Å²) in [6, 6.07) is 6.40. The lowest BCUT2D eigenvalue weighted by Crippen LogP contribution is -2.33. The minimum Gasteiger partial charge on any atom is -0.435 e. The summed E-state index contributed by atoms with van der Waals surface area (Å²) in [5.74, 6) is 0.595. The lowest BCUT2D eigenvalue weighted by atomic mass is 10.1. The van der Waals surface area contributed by atoms with Crippen molar-refractivity contribution in [2.45, 2.75) is 33.0 Å². The largest absolute Gasteiger partial charge is 0.435 e. The van der Waals surface area contributed by atoms with E-state index in [-0.39, 0.29) is 17.8 Å². The van der Waals surface area contributed by atoms with Gasteiger partial charge in [0.15, 0.2) is 0 Å². The molecule has 1 saturated heterocycles. The molecule has 1 aliphatic heterocycles. The van der Waals surface area contributed by atoms with E-state index in [0.717, 1.165) is 12.0 Å². The molecule has 2 unspecified atom stereocenters. The van der Waals surface area contributed by atoms with Crippen LogP contribution in [-0.2, 0) is 4.79 Å². The maximum absolute atomic E-state index is 12.1. The normalized spacial score (nSPS) is 20.1. The van der Waals surface area contributed by atoms with Crippen LogP contribution in [0.25, 0.3) is 0 Å². The number of nitrogens with one attached hydrogen (secondary N) is 1. The molecule has 0 radical (unpaired) electrons. The molecule has 1 N–H and O–H groups in total. The fourth-order valence-electron chi connectivity index (χ4n) is 2.34. The number of alkyl halides is 2. The van der Waals surface area contributed by atoms with Crippen molar-refractivity contribution in [1.82, 2.24) is 10.2 Å². The van der Waals surface area contributed by atoms with Gasteiger partial charge in [-0.25, -0.2) is 0 Å².